The van der Waals surface area contributed by atoms with Crippen LogP contribution in [0, 0.1) is 5.92 Å². The number of nitrogens with two attached hydrogens (primary N) is 1. The van der Waals surface area contributed by atoms with Gasteiger partial charge in [-0.15, -0.1) is 0 Å². The first kappa shape index (κ1) is 11.0. The van der Waals surface area contributed by atoms with Crippen molar-refractivity contribution >= 4 is 0 Å². The second-order valence-electron chi connectivity index (χ2n) is 4.62. The molecule has 1 fully saturated rings. The van der Waals surface area contributed by atoms with Gasteiger partial charge in [0.05, 0.1) is 0 Å². The maximum absolute atomic E-state index is 5.54. The van der Waals surface area contributed by atoms with Crippen molar-refractivity contribution in [3.63, 3.8) is 0 Å². The third kappa shape index (κ3) is 3.65. The minimum absolute atomic E-state index is 0.790. The molecule has 0 atom stereocenters. The summed E-state index contributed by atoms with van der Waals surface area (Å²) in [5.74, 6) is 0.790. The van der Waals surface area contributed by atoms with Gasteiger partial charge in [-0.05, 0) is 38.3 Å². The molecule has 0 aliphatic heterocycles. The van der Waals surface area contributed by atoms with Crippen LogP contribution in [0.2, 0.25) is 0 Å². The summed E-state index contributed by atoms with van der Waals surface area (Å²) in [5, 5.41) is 0. The minimum atomic E-state index is 0.790. The van der Waals surface area contributed by atoms with E-state index >= 15 is 0 Å². The first-order chi connectivity index (χ1) is 6.24. The highest BCUT2D eigenvalue weighted by Gasteiger charge is 2.24. The number of rotatable bonds is 6. The normalized spacial score (nSPS) is 18.2. The van der Waals surface area contributed by atoms with Crippen molar-refractivity contribution in [1.29, 1.82) is 0 Å². The fourth-order valence-electron chi connectivity index (χ4n) is 1.94. The molecule has 2 N–H and O–H groups in total. The van der Waals surface area contributed by atoms with Crippen molar-refractivity contribution in [2.45, 2.75) is 45.6 Å². The topological polar surface area (TPSA) is 29.3 Å². The van der Waals surface area contributed by atoms with Crippen LogP contribution in [0.15, 0.2) is 0 Å². The van der Waals surface area contributed by atoms with Gasteiger partial charge in [0.1, 0.15) is 0 Å². The Kier molecular flexibility index (Phi) is 4.74. The van der Waals surface area contributed by atoms with E-state index in [1.54, 1.807) is 0 Å². The smallest absolute Gasteiger partial charge is 0.00953 e. The van der Waals surface area contributed by atoms with Crippen LogP contribution in [0.25, 0.3) is 0 Å². The zero-order valence-corrected chi connectivity index (χ0v) is 9.13. The second-order valence-corrected chi connectivity index (χ2v) is 4.62. The van der Waals surface area contributed by atoms with E-state index in [1.165, 1.54) is 32.4 Å². The van der Waals surface area contributed by atoms with Crippen molar-refractivity contribution in [3.8, 4) is 0 Å². The van der Waals surface area contributed by atoms with Gasteiger partial charge in [0, 0.05) is 12.6 Å². The number of hydrogen-bond donors (Lipinski definition) is 1. The third-order valence-corrected chi connectivity index (χ3v) is 2.84. The summed E-state index contributed by atoms with van der Waals surface area (Å²) in [5.41, 5.74) is 5.54. The first-order valence-corrected chi connectivity index (χ1v) is 5.68. The van der Waals surface area contributed by atoms with E-state index in [0.717, 1.165) is 24.9 Å². The van der Waals surface area contributed by atoms with E-state index in [1.807, 2.05) is 0 Å². The Morgan fingerprint density at radius 3 is 2.46 bits per heavy atom. The Morgan fingerprint density at radius 1 is 1.38 bits per heavy atom. The van der Waals surface area contributed by atoms with Crippen molar-refractivity contribution in [3.05, 3.63) is 0 Å². The Bertz CT molecular complexity index is 130. The maximum atomic E-state index is 5.54. The summed E-state index contributed by atoms with van der Waals surface area (Å²) in [4.78, 5) is 2.64. The molecule has 13 heavy (non-hydrogen) atoms. The number of hydrogen-bond acceptors (Lipinski definition) is 2. The van der Waals surface area contributed by atoms with Crippen LogP contribution < -0.4 is 5.73 Å². The van der Waals surface area contributed by atoms with E-state index in [0.29, 0.717) is 0 Å². The predicted molar refractivity (Wildman–Crippen MR) is 57.7 cm³/mol. The fourth-order valence-corrected chi connectivity index (χ4v) is 1.94. The Balaban J connectivity index is 2.24. The molecule has 2 nitrogen and oxygen atoms in total. The van der Waals surface area contributed by atoms with Crippen LogP contribution in [-0.2, 0) is 0 Å². The lowest BCUT2D eigenvalue weighted by atomic mass is 9.90. The van der Waals surface area contributed by atoms with E-state index in [-0.39, 0.29) is 0 Å². The zero-order chi connectivity index (χ0) is 9.68. The molecule has 0 saturated heterocycles. The van der Waals surface area contributed by atoms with Crippen molar-refractivity contribution in [1.82, 2.24) is 4.90 Å². The summed E-state index contributed by atoms with van der Waals surface area (Å²) in [6.07, 6.45) is 5.42. The second kappa shape index (κ2) is 5.61. The van der Waals surface area contributed by atoms with Gasteiger partial charge in [0.25, 0.3) is 0 Å². The Labute approximate surface area is 82.5 Å². The van der Waals surface area contributed by atoms with Crippen LogP contribution in [0.4, 0.5) is 0 Å². The molecule has 0 aromatic rings. The summed E-state index contributed by atoms with van der Waals surface area (Å²) < 4.78 is 0. The van der Waals surface area contributed by atoms with Gasteiger partial charge in [-0.3, -0.25) is 0 Å². The molecule has 0 aromatic carbocycles. The minimum Gasteiger partial charge on any atom is -0.330 e. The SMILES string of the molecule is CC(C)CN(CCCN)C1CCC1. The van der Waals surface area contributed by atoms with Gasteiger partial charge >= 0.3 is 0 Å². The van der Waals surface area contributed by atoms with Gasteiger partial charge in [0.15, 0.2) is 0 Å². The lowest BCUT2D eigenvalue weighted by Crippen LogP contribution is -2.43. The highest BCUT2D eigenvalue weighted by Crippen LogP contribution is 2.25. The molecule has 0 radical (unpaired) electrons. The molecule has 0 amide bonds. The largest absolute Gasteiger partial charge is 0.330 e. The average Bonchev–Trinajstić information content (AvgIpc) is 1.95. The van der Waals surface area contributed by atoms with E-state index in [2.05, 4.69) is 18.7 Å². The lowest BCUT2D eigenvalue weighted by molar-refractivity contribution is 0.112. The summed E-state index contributed by atoms with van der Waals surface area (Å²) in [6.45, 7) is 7.90. The molecular weight excluding hydrogens is 160 g/mol. The Hall–Kier alpha value is -0.0800. The lowest BCUT2D eigenvalue weighted by Gasteiger charge is -2.38. The van der Waals surface area contributed by atoms with Gasteiger partial charge in [-0.2, -0.15) is 0 Å². The third-order valence-electron chi connectivity index (χ3n) is 2.84. The monoisotopic (exact) mass is 184 g/mol. The summed E-state index contributed by atoms with van der Waals surface area (Å²) in [6, 6.07) is 0.883. The molecule has 2 heteroatoms. The molecule has 1 aliphatic carbocycles. The van der Waals surface area contributed by atoms with Crippen molar-refractivity contribution in [2.75, 3.05) is 19.6 Å². The maximum Gasteiger partial charge on any atom is 0.00953 e. The molecule has 0 aromatic heterocycles. The van der Waals surface area contributed by atoms with Crippen molar-refractivity contribution in [2.24, 2.45) is 11.7 Å². The standard InChI is InChI=1S/C11H24N2/c1-10(2)9-13(8-4-7-12)11-5-3-6-11/h10-11H,3-9,12H2,1-2H3. The average molecular weight is 184 g/mol. The van der Waals surface area contributed by atoms with E-state index < -0.39 is 0 Å². The fraction of sp³-hybridized carbons (Fsp3) is 1.00. The van der Waals surface area contributed by atoms with Crippen LogP contribution in [0.3, 0.4) is 0 Å². The molecular formula is C11H24N2. The highest BCUT2D eigenvalue weighted by molar-refractivity contribution is 4.80. The quantitative estimate of drug-likeness (QED) is 0.682. The number of nitrogens with zero attached hydrogens (tertiary/aromatic N) is 1. The molecule has 1 saturated carbocycles. The summed E-state index contributed by atoms with van der Waals surface area (Å²) >= 11 is 0. The molecule has 0 bridgehead atoms. The zero-order valence-electron chi connectivity index (χ0n) is 9.13. The van der Waals surface area contributed by atoms with Crippen LogP contribution >= 0.6 is 0 Å². The van der Waals surface area contributed by atoms with Gasteiger partial charge in [0.2, 0.25) is 0 Å². The molecule has 0 spiro atoms. The van der Waals surface area contributed by atoms with E-state index in [4.69, 9.17) is 5.73 Å². The highest BCUT2D eigenvalue weighted by atomic mass is 15.2. The molecule has 1 rings (SSSR count). The molecule has 1 aliphatic rings. The molecule has 78 valence electrons. The summed E-state index contributed by atoms with van der Waals surface area (Å²) in [7, 11) is 0. The predicted octanol–water partition coefficient (Wildman–Crippen LogP) is 1.85. The van der Waals surface area contributed by atoms with Gasteiger partial charge in [-0.25, -0.2) is 0 Å². The van der Waals surface area contributed by atoms with Crippen LogP contribution in [0.1, 0.15) is 39.5 Å². The Morgan fingerprint density at radius 2 is 2.08 bits per heavy atom. The first-order valence-electron chi connectivity index (χ1n) is 5.68. The van der Waals surface area contributed by atoms with Crippen LogP contribution in [-0.4, -0.2) is 30.6 Å². The molecule has 0 unspecified atom stereocenters. The van der Waals surface area contributed by atoms with Gasteiger partial charge < -0.3 is 10.6 Å². The van der Waals surface area contributed by atoms with Crippen LogP contribution in [0.5, 0.6) is 0 Å². The van der Waals surface area contributed by atoms with Gasteiger partial charge in [-0.1, -0.05) is 20.3 Å². The molecule has 0 heterocycles. The van der Waals surface area contributed by atoms with E-state index in [9.17, 15) is 0 Å². The van der Waals surface area contributed by atoms with Crippen molar-refractivity contribution < 1.29 is 0 Å².